The van der Waals surface area contributed by atoms with Gasteiger partial charge in [-0.3, -0.25) is 0 Å². The number of hydrogen-bond acceptors (Lipinski definition) is 4. The summed E-state index contributed by atoms with van der Waals surface area (Å²) in [5.74, 6) is 0.317. The highest BCUT2D eigenvalue weighted by Crippen LogP contribution is 2.18. The average Bonchev–Trinajstić information content (AvgIpc) is 2.50. The van der Waals surface area contributed by atoms with Gasteiger partial charge in [0.1, 0.15) is 5.75 Å². The number of halogens is 1. The second-order valence-corrected chi connectivity index (χ2v) is 4.82. The van der Waals surface area contributed by atoms with Gasteiger partial charge in [-0.25, -0.2) is 4.79 Å². The Bertz CT molecular complexity index is 602. The van der Waals surface area contributed by atoms with Crippen molar-refractivity contribution in [3.63, 3.8) is 0 Å². The van der Waals surface area contributed by atoms with Crippen molar-refractivity contribution in [3.05, 3.63) is 59.1 Å². The predicted molar refractivity (Wildman–Crippen MR) is 82.7 cm³/mol. The fourth-order valence-electron chi connectivity index (χ4n) is 1.71. The number of ether oxygens (including phenoxy) is 2. The van der Waals surface area contributed by atoms with Crippen molar-refractivity contribution in [3.8, 4) is 5.75 Å². The van der Waals surface area contributed by atoms with E-state index in [1.807, 2.05) is 30.3 Å². The van der Waals surface area contributed by atoms with Crippen LogP contribution in [0, 0.1) is 0 Å². The molecule has 0 aliphatic rings. The lowest BCUT2D eigenvalue weighted by molar-refractivity contribution is 0.0487. The van der Waals surface area contributed by atoms with Crippen molar-refractivity contribution in [1.29, 1.82) is 0 Å². The number of para-hydroxylation sites is 1. The van der Waals surface area contributed by atoms with E-state index < -0.39 is 5.97 Å². The monoisotopic (exact) mass is 305 g/mol. The Kier molecular flexibility index (Phi) is 5.46. The zero-order valence-corrected chi connectivity index (χ0v) is 12.2. The molecule has 2 aromatic carbocycles. The van der Waals surface area contributed by atoms with Crippen LogP contribution in [-0.2, 0) is 4.74 Å². The minimum atomic E-state index is -0.477. The van der Waals surface area contributed by atoms with Crippen LogP contribution in [0.5, 0.6) is 5.75 Å². The number of nitrogens with two attached hydrogens (primary N) is 1. The largest absolute Gasteiger partial charge is 0.493 e. The van der Waals surface area contributed by atoms with E-state index in [2.05, 4.69) is 0 Å². The molecule has 0 fully saturated rings. The van der Waals surface area contributed by atoms with E-state index in [9.17, 15) is 4.79 Å². The van der Waals surface area contributed by atoms with Crippen molar-refractivity contribution in [1.82, 2.24) is 0 Å². The van der Waals surface area contributed by atoms with Gasteiger partial charge in [-0.2, -0.15) is 0 Å². The molecular formula is C16H16ClNO3. The first-order valence-electron chi connectivity index (χ1n) is 6.57. The highest BCUT2D eigenvalue weighted by atomic mass is 35.5. The van der Waals surface area contributed by atoms with Crippen LogP contribution in [0.25, 0.3) is 0 Å². The van der Waals surface area contributed by atoms with E-state index in [1.54, 1.807) is 12.1 Å². The zero-order valence-electron chi connectivity index (χ0n) is 11.4. The Hall–Kier alpha value is -2.20. The van der Waals surface area contributed by atoms with Crippen LogP contribution in [0.2, 0.25) is 5.02 Å². The molecule has 2 aromatic rings. The smallest absolute Gasteiger partial charge is 0.340 e. The maximum Gasteiger partial charge on any atom is 0.340 e. The molecule has 0 aromatic heterocycles. The Balaban J connectivity index is 1.73. The van der Waals surface area contributed by atoms with Crippen LogP contribution in [0.15, 0.2) is 48.5 Å². The normalized spacial score (nSPS) is 10.1. The molecule has 0 spiro atoms. The molecule has 0 bridgehead atoms. The second kappa shape index (κ2) is 7.55. The Morgan fingerprint density at radius 1 is 1.10 bits per heavy atom. The van der Waals surface area contributed by atoms with Gasteiger partial charge in [0.25, 0.3) is 0 Å². The van der Waals surface area contributed by atoms with Gasteiger partial charge in [0, 0.05) is 17.1 Å². The number of anilines is 1. The molecule has 0 radical (unpaired) electrons. The lowest BCUT2D eigenvalue weighted by atomic mass is 10.2. The van der Waals surface area contributed by atoms with Crippen molar-refractivity contribution in [2.75, 3.05) is 18.9 Å². The van der Waals surface area contributed by atoms with Crippen molar-refractivity contribution in [2.45, 2.75) is 6.42 Å². The van der Waals surface area contributed by atoms with E-state index in [-0.39, 0.29) is 12.2 Å². The molecule has 4 nitrogen and oxygen atoms in total. The molecular weight excluding hydrogens is 290 g/mol. The summed E-state index contributed by atoms with van der Waals surface area (Å²) in [6, 6.07) is 14.2. The Labute approximate surface area is 128 Å². The average molecular weight is 306 g/mol. The number of hydrogen-bond donors (Lipinski definition) is 1. The summed E-state index contributed by atoms with van der Waals surface area (Å²) in [4.78, 5) is 11.8. The SMILES string of the molecule is Nc1ccc(Cl)cc1C(=O)OCCCOc1ccccc1. The van der Waals surface area contributed by atoms with E-state index in [1.165, 1.54) is 6.07 Å². The molecule has 110 valence electrons. The summed E-state index contributed by atoms with van der Waals surface area (Å²) < 4.78 is 10.6. The van der Waals surface area contributed by atoms with Gasteiger partial charge in [-0.15, -0.1) is 0 Å². The van der Waals surface area contributed by atoms with Gasteiger partial charge in [0.2, 0.25) is 0 Å². The van der Waals surface area contributed by atoms with Crippen LogP contribution in [-0.4, -0.2) is 19.2 Å². The lowest BCUT2D eigenvalue weighted by Gasteiger charge is -2.08. The fraction of sp³-hybridized carbons (Fsp3) is 0.188. The van der Waals surface area contributed by atoms with Gasteiger partial charge in [-0.1, -0.05) is 29.8 Å². The first kappa shape index (κ1) is 15.2. The van der Waals surface area contributed by atoms with Crippen molar-refractivity contribution < 1.29 is 14.3 Å². The first-order valence-corrected chi connectivity index (χ1v) is 6.94. The summed E-state index contributed by atoms with van der Waals surface area (Å²) in [6.45, 7) is 0.736. The molecule has 0 saturated heterocycles. The molecule has 0 heterocycles. The van der Waals surface area contributed by atoms with Gasteiger partial charge < -0.3 is 15.2 Å². The van der Waals surface area contributed by atoms with Gasteiger partial charge in [0.15, 0.2) is 0 Å². The molecule has 2 rings (SSSR count). The molecule has 0 aliphatic heterocycles. The molecule has 0 atom stereocenters. The van der Waals surface area contributed by atoms with E-state index >= 15 is 0 Å². The third-order valence-corrected chi connectivity index (χ3v) is 3.00. The summed E-state index contributed by atoms with van der Waals surface area (Å²) in [7, 11) is 0. The number of benzene rings is 2. The van der Waals surface area contributed by atoms with E-state index in [4.69, 9.17) is 26.8 Å². The first-order chi connectivity index (χ1) is 10.2. The molecule has 0 amide bonds. The quantitative estimate of drug-likeness (QED) is 0.503. The minimum absolute atomic E-state index is 0.262. The van der Waals surface area contributed by atoms with E-state index in [0.717, 1.165) is 5.75 Å². The number of carbonyl (C=O) groups is 1. The standard InChI is InChI=1S/C16H16ClNO3/c17-12-7-8-15(18)14(11-12)16(19)21-10-4-9-20-13-5-2-1-3-6-13/h1-3,5-8,11H,4,9-10,18H2. The Morgan fingerprint density at radius 3 is 2.62 bits per heavy atom. The summed E-state index contributed by atoms with van der Waals surface area (Å²) in [5.41, 5.74) is 6.35. The zero-order chi connectivity index (χ0) is 15.1. The second-order valence-electron chi connectivity index (χ2n) is 4.38. The number of carbonyl (C=O) groups excluding carboxylic acids is 1. The van der Waals surface area contributed by atoms with Crippen molar-refractivity contribution >= 4 is 23.3 Å². The molecule has 5 heteroatoms. The van der Waals surface area contributed by atoms with Gasteiger partial charge >= 0.3 is 5.97 Å². The maximum atomic E-state index is 11.8. The van der Waals surface area contributed by atoms with Crippen LogP contribution < -0.4 is 10.5 Å². The molecule has 21 heavy (non-hydrogen) atoms. The fourth-order valence-corrected chi connectivity index (χ4v) is 1.89. The van der Waals surface area contributed by atoms with Gasteiger partial charge in [0.05, 0.1) is 18.8 Å². The topological polar surface area (TPSA) is 61.6 Å². The number of nitrogen functional groups attached to an aromatic ring is 1. The summed E-state index contributed by atoms with van der Waals surface area (Å²) in [5, 5.41) is 0.448. The number of rotatable bonds is 6. The van der Waals surface area contributed by atoms with Crippen LogP contribution in [0.1, 0.15) is 16.8 Å². The number of esters is 1. The Morgan fingerprint density at radius 2 is 1.86 bits per heavy atom. The third-order valence-electron chi connectivity index (χ3n) is 2.77. The van der Waals surface area contributed by atoms with Crippen LogP contribution >= 0.6 is 11.6 Å². The maximum absolute atomic E-state index is 11.8. The molecule has 0 saturated carbocycles. The highest BCUT2D eigenvalue weighted by molar-refractivity contribution is 6.31. The van der Waals surface area contributed by atoms with Crippen LogP contribution in [0.3, 0.4) is 0 Å². The summed E-state index contributed by atoms with van der Waals surface area (Å²) in [6.07, 6.45) is 0.598. The van der Waals surface area contributed by atoms with Gasteiger partial charge in [-0.05, 0) is 30.3 Å². The summed E-state index contributed by atoms with van der Waals surface area (Å²) >= 11 is 5.83. The minimum Gasteiger partial charge on any atom is -0.493 e. The van der Waals surface area contributed by atoms with Crippen molar-refractivity contribution in [2.24, 2.45) is 0 Å². The highest BCUT2D eigenvalue weighted by Gasteiger charge is 2.11. The van der Waals surface area contributed by atoms with E-state index in [0.29, 0.717) is 23.7 Å². The predicted octanol–water partition coefficient (Wildman–Crippen LogP) is 3.55. The molecule has 2 N–H and O–H groups in total. The lowest BCUT2D eigenvalue weighted by Crippen LogP contribution is -2.11. The van der Waals surface area contributed by atoms with Crippen LogP contribution in [0.4, 0.5) is 5.69 Å². The molecule has 0 unspecified atom stereocenters. The molecule has 0 aliphatic carbocycles. The third kappa shape index (κ3) is 4.68.